The van der Waals surface area contributed by atoms with Gasteiger partial charge in [-0.1, -0.05) is 30.3 Å². The molecule has 0 aliphatic rings. The normalized spacial score (nSPS) is 10.6. The van der Waals surface area contributed by atoms with Crippen molar-refractivity contribution in [1.29, 1.82) is 0 Å². The van der Waals surface area contributed by atoms with Gasteiger partial charge in [0.15, 0.2) is 4.67 Å². The Morgan fingerprint density at radius 1 is 1.32 bits per heavy atom. The lowest BCUT2D eigenvalue weighted by molar-refractivity contribution is -0.138. The number of anilines is 1. The third kappa shape index (κ3) is 2.67. The van der Waals surface area contributed by atoms with Gasteiger partial charge in [-0.25, -0.2) is 9.97 Å². The second-order valence-electron chi connectivity index (χ2n) is 4.45. The first kappa shape index (κ1) is 14.5. The number of ether oxygens (including phenoxy) is 1. The summed E-state index contributed by atoms with van der Waals surface area (Å²) in [7, 11) is 1.34. The molecule has 0 aliphatic heterocycles. The maximum Gasteiger partial charge on any atom is 0.325 e. The minimum Gasteiger partial charge on any atom is -0.468 e. The molecule has 3 rings (SSSR count). The summed E-state index contributed by atoms with van der Waals surface area (Å²) in [5.74, 6) is 0.138. The van der Waals surface area contributed by atoms with Crippen LogP contribution in [0.4, 0.5) is 5.82 Å². The van der Waals surface area contributed by atoms with Crippen LogP contribution in [0.3, 0.4) is 0 Å². The maximum atomic E-state index is 11.3. The monoisotopic (exact) mass is 361 g/mol. The van der Waals surface area contributed by atoms with Crippen molar-refractivity contribution < 1.29 is 13.9 Å². The van der Waals surface area contributed by atoms with E-state index in [2.05, 4.69) is 36.0 Å². The molecule has 112 valence electrons. The van der Waals surface area contributed by atoms with Gasteiger partial charge in [0.25, 0.3) is 0 Å². The zero-order chi connectivity index (χ0) is 15.5. The first-order valence-corrected chi connectivity index (χ1v) is 7.29. The highest BCUT2D eigenvalue weighted by molar-refractivity contribution is 9.10. The highest BCUT2D eigenvalue weighted by Crippen LogP contribution is 2.39. The minimum absolute atomic E-state index is 0.0135. The van der Waals surface area contributed by atoms with Crippen LogP contribution in [0.5, 0.6) is 0 Å². The zero-order valence-corrected chi connectivity index (χ0v) is 13.3. The van der Waals surface area contributed by atoms with Crippen LogP contribution in [-0.2, 0) is 9.53 Å². The van der Waals surface area contributed by atoms with E-state index in [4.69, 9.17) is 4.42 Å². The molecule has 0 radical (unpaired) electrons. The van der Waals surface area contributed by atoms with Crippen molar-refractivity contribution in [1.82, 2.24) is 9.97 Å². The molecule has 2 aromatic heterocycles. The molecule has 0 unspecified atom stereocenters. The van der Waals surface area contributed by atoms with Gasteiger partial charge in [-0.15, -0.1) is 0 Å². The smallest absolute Gasteiger partial charge is 0.325 e. The molecule has 6 nitrogen and oxygen atoms in total. The highest BCUT2D eigenvalue weighted by atomic mass is 79.9. The van der Waals surface area contributed by atoms with Gasteiger partial charge >= 0.3 is 5.97 Å². The molecule has 2 heterocycles. The van der Waals surface area contributed by atoms with Crippen LogP contribution in [0, 0.1) is 0 Å². The molecule has 0 saturated heterocycles. The fraction of sp³-hybridized carbons (Fsp3) is 0.133. The van der Waals surface area contributed by atoms with Gasteiger partial charge in [0.05, 0.1) is 12.5 Å². The van der Waals surface area contributed by atoms with Crippen LogP contribution in [-0.4, -0.2) is 29.6 Å². The summed E-state index contributed by atoms with van der Waals surface area (Å²) in [6.45, 7) is 0.0135. The molecule has 0 fully saturated rings. The van der Waals surface area contributed by atoms with Crippen molar-refractivity contribution in [3.63, 3.8) is 0 Å². The van der Waals surface area contributed by atoms with Crippen LogP contribution in [0.2, 0.25) is 0 Å². The Balaban J connectivity index is 2.12. The maximum absolute atomic E-state index is 11.3. The third-order valence-electron chi connectivity index (χ3n) is 3.14. The first-order valence-electron chi connectivity index (χ1n) is 6.50. The SMILES string of the molecule is COC(=O)CNc1ncnc2oc(Br)c(-c3ccccc3)c12. The average Bonchev–Trinajstić information content (AvgIpc) is 2.89. The summed E-state index contributed by atoms with van der Waals surface area (Å²) in [6, 6.07) is 9.74. The topological polar surface area (TPSA) is 77.2 Å². The predicted molar refractivity (Wildman–Crippen MR) is 85.4 cm³/mol. The first-order chi connectivity index (χ1) is 10.7. The Morgan fingerprint density at radius 3 is 2.82 bits per heavy atom. The number of carbonyl (C=O) groups excluding carboxylic acids is 1. The minimum atomic E-state index is -0.379. The molecule has 1 aromatic carbocycles. The molecule has 0 atom stereocenters. The Kier molecular flexibility index (Phi) is 4.06. The van der Waals surface area contributed by atoms with E-state index in [9.17, 15) is 4.79 Å². The second-order valence-corrected chi connectivity index (χ2v) is 5.17. The number of furan rings is 1. The number of fused-ring (bicyclic) bond motifs is 1. The predicted octanol–water partition coefficient (Wildman–Crippen LogP) is 3.24. The summed E-state index contributed by atoms with van der Waals surface area (Å²) >= 11 is 3.42. The van der Waals surface area contributed by atoms with Gasteiger partial charge < -0.3 is 14.5 Å². The van der Waals surface area contributed by atoms with Crippen molar-refractivity contribution in [2.45, 2.75) is 0 Å². The molecule has 1 N–H and O–H groups in total. The standard InChI is InChI=1S/C15H12BrN3O3/c1-21-10(20)7-17-14-12-11(9-5-3-2-4-6-9)13(16)22-15(12)19-8-18-14/h2-6,8H,7H2,1H3,(H,17,18,19). The molecule has 7 heteroatoms. The number of rotatable bonds is 4. The molecular formula is C15H12BrN3O3. The number of benzene rings is 1. The number of carbonyl (C=O) groups is 1. The van der Waals surface area contributed by atoms with Gasteiger partial charge in [-0.3, -0.25) is 4.79 Å². The number of aromatic nitrogens is 2. The molecule has 0 saturated carbocycles. The van der Waals surface area contributed by atoms with Crippen LogP contribution in [0.25, 0.3) is 22.2 Å². The zero-order valence-electron chi connectivity index (χ0n) is 11.7. The summed E-state index contributed by atoms with van der Waals surface area (Å²) < 4.78 is 10.8. The van der Waals surface area contributed by atoms with Gasteiger partial charge in [-0.05, 0) is 21.5 Å². The average molecular weight is 362 g/mol. The van der Waals surface area contributed by atoms with Gasteiger partial charge in [0, 0.05) is 5.56 Å². The van der Waals surface area contributed by atoms with Crippen molar-refractivity contribution in [3.8, 4) is 11.1 Å². The largest absolute Gasteiger partial charge is 0.468 e. The summed E-state index contributed by atoms with van der Waals surface area (Å²) in [5, 5.41) is 3.67. The number of methoxy groups -OCH3 is 1. The lowest BCUT2D eigenvalue weighted by Gasteiger charge is -2.06. The Morgan fingerprint density at radius 2 is 2.09 bits per heavy atom. The van der Waals surface area contributed by atoms with E-state index in [-0.39, 0.29) is 12.5 Å². The van der Waals surface area contributed by atoms with Crippen molar-refractivity contribution in [2.24, 2.45) is 0 Å². The number of nitrogens with one attached hydrogen (secondary N) is 1. The van der Waals surface area contributed by atoms with Crippen LogP contribution < -0.4 is 5.32 Å². The highest BCUT2D eigenvalue weighted by Gasteiger charge is 2.19. The lowest BCUT2D eigenvalue weighted by atomic mass is 10.1. The number of hydrogen-bond acceptors (Lipinski definition) is 6. The summed E-state index contributed by atoms with van der Waals surface area (Å²) in [4.78, 5) is 19.7. The molecular weight excluding hydrogens is 350 g/mol. The van der Waals surface area contributed by atoms with Crippen LogP contribution in [0.1, 0.15) is 0 Å². The van der Waals surface area contributed by atoms with Gasteiger partial charge in [0.1, 0.15) is 18.7 Å². The number of esters is 1. The van der Waals surface area contributed by atoms with E-state index < -0.39 is 0 Å². The molecule has 0 aliphatic carbocycles. The second kappa shape index (κ2) is 6.15. The van der Waals surface area contributed by atoms with E-state index >= 15 is 0 Å². The van der Waals surface area contributed by atoms with E-state index in [0.29, 0.717) is 21.6 Å². The van der Waals surface area contributed by atoms with Gasteiger partial charge in [0.2, 0.25) is 5.71 Å². The van der Waals surface area contributed by atoms with Crippen LogP contribution in [0.15, 0.2) is 45.7 Å². The molecule has 22 heavy (non-hydrogen) atoms. The fourth-order valence-electron chi connectivity index (χ4n) is 2.13. The quantitative estimate of drug-likeness (QED) is 0.718. The Hall–Kier alpha value is -2.41. The fourth-order valence-corrected chi connectivity index (χ4v) is 2.71. The third-order valence-corrected chi connectivity index (χ3v) is 3.69. The number of nitrogens with zero attached hydrogens (tertiary/aromatic N) is 2. The Labute approximate surface area is 134 Å². The Bertz CT molecular complexity index is 818. The van der Waals surface area contributed by atoms with Crippen molar-refractivity contribution >= 4 is 38.8 Å². The van der Waals surface area contributed by atoms with E-state index in [1.165, 1.54) is 13.4 Å². The summed E-state index contributed by atoms with van der Waals surface area (Å²) in [5.41, 5.74) is 2.24. The number of hydrogen-bond donors (Lipinski definition) is 1. The van der Waals surface area contributed by atoms with E-state index in [1.54, 1.807) is 0 Å². The molecule has 0 amide bonds. The number of halogens is 1. The van der Waals surface area contributed by atoms with Crippen LogP contribution >= 0.6 is 15.9 Å². The van der Waals surface area contributed by atoms with E-state index in [0.717, 1.165) is 11.1 Å². The molecule has 3 aromatic rings. The van der Waals surface area contributed by atoms with Crippen molar-refractivity contribution in [3.05, 3.63) is 41.3 Å². The van der Waals surface area contributed by atoms with E-state index in [1.807, 2.05) is 30.3 Å². The van der Waals surface area contributed by atoms with Gasteiger partial charge in [-0.2, -0.15) is 0 Å². The molecule has 0 spiro atoms. The summed E-state index contributed by atoms with van der Waals surface area (Å²) in [6.07, 6.45) is 1.38. The van der Waals surface area contributed by atoms with Crippen molar-refractivity contribution in [2.75, 3.05) is 19.0 Å². The lowest BCUT2D eigenvalue weighted by Crippen LogP contribution is -2.15. The molecule has 0 bridgehead atoms.